The average Bonchev–Trinajstić information content (AvgIpc) is 3.07. The van der Waals surface area contributed by atoms with Crippen molar-refractivity contribution in [2.45, 2.75) is 25.9 Å². The molecule has 0 aliphatic carbocycles. The van der Waals surface area contributed by atoms with E-state index in [1.54, 1.807) is 29.3 Å². The zero-order valence-corrected chi connectivity index (χ0v) is 11.9. The molecule has 0 spiro atoms. The van der Waals surface area contributed by atoms with Gasteiger partial charge in [-0.15, -0.1) is 11.3 Å². The zero-order chi connectivity index (χ0) is 13.7. The van der Waals surface area contributed by atoms with Crippen LogP contribution in [0.15, 0.2) is 29.9 Å². The van der Waals surface area contributed by atoms with Crippen LogP contribution >= 0.6 is 11.3 Å². The fourth-order valence-corrected chi connectivity index (χ4v) is 2.68. The molecule has 6 heteroatoms. The second-order valence-electron chi connectivity index (χ2n) is 4.22. The minimum Gasteiger partial charge on any atom is -0.375 e. The number of likely N-dealkylation sites (N-methyl/N-ethyl adjacent to an activating group) is 1. The maximum absolute atomic E-state index is 11.3. The highest BCUT2D eigenvalue weighted by Crippen LogP contribution is 2.25. The van der Waals surface area contributed by atoms with Gasteiger partial charge < -0.3 is 10.6 Å². The Labute approximate surface area is 116 Å². The van der Waals surface area contributed by atoms with Crippen LogP contribution in [0.3, 0.4) is 0 Å². The Kier molecular flexibility index (Phi) is 4.57. The molecule has 102 valence electrons. The Balaban J connectivity index is 2.00. The van der Waals surface area contributed by atoms with Crippen LogP contribution in [0.25, 0.3) is 0 Å². The molecule has 2 aromatic heterocycles. The molecule has 2 aromatic rings. The van der Waals surface area contributed by atoms with Gasteiger partial charge in [0.25, 0.3) is 0 Å². The molecule has 0 radical (unpaired) electrons. The van der Waals surface area contributed by atoms with Crippen molar-refractivity contribution in [3.8, 4) is 0 Å². The van der Waals surface area contributed by atoms with Crippen molar-refractivity contribution in [1.29, 1.82) is 0 Å². The summed E-state index contributed by atoms with van der Waals surface area (Å²) in [5.41, 5.74) is 0.934. The van der Waals surface area contributed by atoms with Crippen molar-refractivity contribution >= 4 is 22.9 Å². The van der Waals surface area contributed by atoms with E-state index in [1.165, 1.54) is 4.88 Å². The molecule has 1 unspecified atom stereocenters. The summed E-state index contributed by atoms with van der Waals surface area (Å²) < 4.78 is 1.63. The van der Waals surface area contributed by atoms with E-state index in [4.69, 9.17) is 0 Å². The van der Waals surface area contributed by atoms with Crippen LogP contribution in [0, 0.1) is 0 Å². The number of rotatable bonds is 6. The maximum Gasteiger partial charge on any atom is 0.241 e. The second-order valence-corrected chi connectivity index (χ2v) is 5.20. The zero-order valence-electron chi connectivity index (χ0n) is 11.1. The third kappa shape index (κ3) is 3.57. The largest absolute Gasteiger partial charge is 0.375 e. The first-order chi connectivity index (χ1) is 9.22. The van der Waals surface area contributed by atoms with Gasteiger partial charge in [-0.3, -0.25) is 9.48 Å². The first-order valence-electron chi connectivity index (χ1n) is 6.26. The molecule has 0 saturated heterocycles. The number of nitrogens with one attached hydrogen (secondary N) is 2. The summed E-state index contributed by atoms with van der Waals surface area (Å²) in [5.74, 6) is -0.0556. The predicted molar refractivity (Wildman–Crippen MR) is 77.3 cm³/mol. The van der Waals surface area contributed by atoms with Crippen molar-refractivity contribution in [2.24, 2.45) is 0 Å². The molecule has 0 fully saturated rings. The molecule has 0 aliphatic heterocycles. The number of carbonyl (C=O) groups excluding carboxylic acids is 1. The summed E-state index contributed by atoms with van der Waals surface area (Å²) in [5, 5.41) is 12.3. The lowest BCUT2D eigenvalue weighted by molar-refractivity contribution is -0.121. The van der Waals surface area contributed by atoms with Gasteiger partial charge >= 0.3 is 0 Å². The number of hydrogen-bond donors (Lipinski definition) is 2. The minimum absolute atomic E-state index is 0.0556. The number of hydrogen-bond acceptors (Lipinski definition) is 4. The Hall–Kier alpha value is -1.82. The lowest BCUT2D eigenvalue weighted by Crippen LogP contribution is -2.23. The quantitative estimate of drug-likeness (QED) is 0.852. The number of nitrogens with zero attached hydrogens (tertiary/aromatic N) is 2. The fourth-order valence-electron chi connectivity index (χ4n) is 1.82. The van der Waals surface area contributed by atoms with Gasteiger partial charge in [-0.1, -0.05) is 13.0 Å². The van der Waals surface area contributed by atoms with Crippen LogP contribution in [0.2, 0.25) is 0 Å². The summed E-state index contributed by atoms with van der Waals surface area (Å²) in [4.78, 5) is 12.6. The van der Waals surface area contributed by atoms with Crippen molar-refractivity contribution in [3.63, 3.8) is 0 Å². The number of aromatic nitrogens is 2. The van der Waals surface area contributed by atoms with Gasteiger partial charge in [0.1, 0.15) is 6.54 Å². The van der Waals surface area contributed by atoms with E-state index in [0.717, 1.165) is 12.1 Å². The number of thiophene rings is 1. The van der Waals surface area contributed by atoms with Crippen LogP contribution in [0.5, 0.6) is 0 Å². The van der Waals surface area contributed by atoms with Gasteiger partial charge in [-0.25, -0.2) is 0 Å². The molecule has 19 heavy (non-hydrogen) atoms. The van der Waals surface area contributed by atoms with Gasteiger partial charge in [-0.2, -0.15) is 5.10 Å². The van der Waals surface area contributed by atoms with Gasteiger partial charge in [-0.05, 0) is 17.9 Å². The molecular formula is C13H18N4OS. The predicted octanol–water partition coefficient (Wildman–Crippen LogP) is 2.25. The lowest BCUT2D eigenvalue weighted by atomic mass is 10.2. The highest BCUT2D eigenvalue weighted by Gasteiger charge is 2.11. The van der Waals surface area contributed by atoms with Crippen LogP contribution in [0.1, 0.15) is 24.3 Å². The molecule has 0 bridgehead atoms. The van der Waals surface area contributed by atoms with Crippen molar-refractivity contribution in [1.82, 2.24) is 15.1 Å². The van der Waals surface area contributed by atoms with E-state index in [1.807, 2.05) is 6.20 Å². The van der Waals surface area contributed by atoms with Crippen LogP contribution in [-0.2, 0) is 11.3 Å². The molecule has 0 aromatic carbocycles. The molecule has 0 aliphatic rings. The molecule has 1 atom stereocenters. The van der Waals surface area contributed by atoms with Gasteiger partial charge in [0.15, 0.2) is 0 Å². The van der Waals surface area contributed by atoms with E-state index >= 15 is 0 Å². The molecular weight excluding hydrogens is 260 g/mol. The first-order valence-corrected chi connectivity index (χ1v) is 7.14. The van der Waals surface area contributed by atoms with Crippen LogP contribution in [-0.4, -0.2) is 22.7 Å². The van der Waals surface area contributed by atoms with E-state index < -0.39 is 0 Å². The number of carbonyl (C=O) groups is 1. The minimum atomic E-state index is -0.0556. The second kappa shape index (κ2) is 6.38. The van der Waals surface area contributed by atoms with E-state index in [9.17, 15) is 4.79 Å². The lowest BCUT2D eigenvalue weighted by Gasteiger charge is -2.14. The Morgan fingerprint density at radius 1 is 1.58 bits per heavy atom. The maximum atomic E-state index is 11.3. The van der Waals surface area contributed by atoms with Crippen LogP contribution < -0.4 is 10.6 Å². The molecule has 0 saturated carbocycles. The summed E-state index contributed by atoms with van der Waals surface area (Å²) in [6.45, 7) is 2.39. The Morgan fingerprint density at radius 2 is 2.42 bits per heavy atom. The summed E-state index contributed by atoms with van der Waals surface area (Å²) in [6, 6.07) is 4.47. The first kappa shape index (κ1) is 13.6. The Bertz CT molecular complexity index is 520. The monoisotopic (exact) mass is 278 g/mol. The van der Waals surface area contributed by atoms with E-state index in [0.29, 0.717) is 0 Å². The normalized spacial score (nSPS) is 12.1. The SMILES string of the molecule is CCC(Nc1cnn(CC(=O)NC)c1)c1cccs1. The fraction of sp³-hybridized carbons (Fsp3) is 0.385. The van der Waals surface area contributed by atoms with Gasteiger partial charge in [0.05, 0.1) is 17.9 Å². The van der Waals surface area contributed by atoms with E-state index in [2.05, 4.69) is 40.2 Å². The number of anilines is 1. The molecule has 1 amide bonds. The smallest absolute Gasteiger partial charge is 0.241 e. The molecule has 5 nitrogen and oxygen atoms in total. The third-order valence-corrected chi connectivity index (χ3v) is 3.84. The number of amides is 1. The third-order valence-electron chi connectivity index (χ3n) is 2.85. The Morgan fingerprint density at radius 3 is 3.05 bits per heavy atom. The van der Waals surface area contributed by atoms with Crippen molar-refractivity contribution in [3.05, 3.63) is 34.8 Å². The summed E-state index contributed by atoms with van der Waals surface area (Å²) >= 11 is 1.74. The summed E-state index contributed by atoms with van der Waals surface area (Å²) in [6.07, 6.45) is 4.60. The average molecular weight is 278 g/mol. The van der Waals surface area contributed by atoms with E-state index in [-0.39, 0.29) is 18.5 Å². The van der Waals surface area contributed by atoms with Gasteiger partial charge in [0.2, 0.25) is 5.91 Å². The molecule has 2 heterocycles. The highest BCUT2D eigenvalue weighted by molar-refractivity contribution is 7.10. The highest BCUT2D eigenvalue weighted by atomic mass is 32.1. The van der Waals surface area contributed by atoms with Crippen molar-refractivity contribution < 1.29 is 4.79 Å². The standard InChI is InChI=1S/C13H18N4OS/c1-3-11(12-5-4-6-19-12)16-10-7-15-17(8-10)9-13(18)14-2/h4-8,11,16H,3,9H2,1-2H3,(H,14,18). The topological polar surface area (TPSA) is 59.0 Å². The molecule has 2 N–H and O–H groups in total. The van der Waals surface area contributed by atoms with Crippen molar-refractivity contribution in [2.75, 3.05) is 12.4 Å². The summed E-state index contributed by atoms with van der Waals surface area (Å²) in [7, 11) is 1.62. The molecule has 2 rings (SSSR count). The van der Waals surface area contributed by atoms with Crippen LogP contribution in [0.4, 0.5) is 5.69 Å². The van der Waals surface area contributed by atoms with Gasteiger partial charge in [0, 0.05) is 18.1 Å².